The Balaban J connectivity index is 1.62. The Morgan fingerprint density at radius 3 is 2.90 bits per heavy atom. The number of rotatable bonds is 7. The average Bonchev–Trinajstić information content (AvgIpc) is 2.94. The molecule has 1 aliphatic heterocycles. The third-order valence-corrected chi connectivity index (χ3v) is 4.07. The van der Waals surface area contributed by atoms with Crippen molar-refractivity contribution in [3.63, 3.8) is 0 Å². The van der Waals surface area contributed by atoms with E-state index < -0.39 is 0 Å². The molecule has 2 rings (SSSR count). The molecule has 6 nitrogen and oxygen atoms in total. The average molecular weight is 293 g/mol. The number of imidazole rings is 1. The van der Waals surface area contributed by atoms with Gasteiger partial charge in [0.05, 0.1) is 6.33 Å². The zero-order chi connectivity index (χ0) is 15.1. The third-order valence-electron chi connectivity index (χ3n) is 4.07. The molecule has 1 amide bonds. The van der Waals surface area contributed by atoms with Crippen molar-refractivity contribution in [1.82, 2.24) is 19.8 Å². The third kappa shape index (κ3) is 5.13. The van der Waals surface area contributed by atoms with Gasteiger partial charge < -0.3 is 20.5 Å². The summed E-state index contributed by atoms with van der Waals surface area (Å²) in [7, 11) is 0. The summed E-state index contributed by atoms with van der Waals surface area (Å²) < 4.78 is 1.84. The molecule has 6 heteroatoms. The first-order valence-corrected chi connectivity index (χ1v) is 7.91. The second-order valence-corrected chi connectivity index (χ2v) is 5.92. The monoisotopic (exact) mass is 293 g/mol. The number of aromatic nitrogens is 2. The van der Waals surface area contributed by atoms with Crippen molar-refractivity contribution in [3.8, 4) is 0 Å². The number of carbonyl (C=O) groups is 1. The predicted molar refractivity (Wildman–Crippen MR) is 83.1 cm³/mol. The molecule has 1 fully saturated rings. The Morgan fingerprint density at radius 2 is 2.19 bits per heavy atom. The first kappa shape index (κ1) is 16.0. The molecule has 3 N–H and O–H groups in total. The van der Waals surface area contributed by atoms with Gasteiger partial charge in [-0.1, -0.05) is 6.92 Å². The summed E-state index contributed by atoms with van der Waals surface area (Å²) in [6, 6.07) is 0. The normalized spacial score (nSPS) is 17.0. The fourth-order valence-corrected chi connectivity index (χ4v) is 2.63. The maximum atomic E-state index is 11.9. The van der Waals surface area contributed by atoms with Gasteiger partial charge in [0.25, 0.3) is 5.91 Å². The van der Waals surface area contributed by atoms with Crippen molar-refractivity contribution in [2.45, 2.75) is 32.7 Å². The molecule has 1 aliphatic rings. The van der Waals surface area contributed by atoms with Crippen molar-refractivity contribution in [2.75, 3.05) is 32.7 Å². The van der Waals surface area contributed by atoms with Crippen LogP contribution in [0.4, 0.5) is 0 Å². The summed E-state index contributed by atoms with van der Waals surface area (Å²) >= 11 is 0. The van der Waals surface area contributed by atoms with Crippen LogP contribution >= 0.6 is 0 Å². The smallest absolute Gasteiger partial charge is 0.271 e. The maximum Gasteiger partial charge on any atom is 0.271 e. The molecule has 0 bridgehead atoms. The first-order chi connectivity index (χ1) is 10.2. The molecule has 21 heavy (non-hydrogen) atoms. The Morgan fingerprint density at radius 1 is 1.43 bits per heavy atom. The van der Waals surface area contributed by atoms with E-state index in [0.29, 0.717) is 25.3 Å². The van der Waals surface area contributed by atoms with Crippen LogP contribution in [-0.4, -0.2) is 53.1 Å². The summed E-state index contributed by atoms with van der Waals surface area (Å²) in [5, 5.41) is 2.93. The minimum Gasteiger partial charge on any atom is -0.351 e. The highest BCUT2D eigenvalue weighted by Crippen LogP contribution is 2.15. The van der Waals surface area contributed by atoms with E-state index in [0.717, 1.165) is 18.9 Å². The molecule has 1 aromatic heterocycles. The lowest BCUT2D eigenvalue weighted by Gasteiger charge is -2.30. The van der Waals surface area contributed by atoms with Crippen LogP contribution in [-0.2, 0) is 6.54 Å². The van der Waals surface area contributed by atoms with E-state index >= 15 is 0 Å². The fraction of sp³-hybridized carbons (Fsp3) is 0.733. The predicted octanol–water partition coefficient (Wildman–Crippen LogP) is 0.694. The van der Waals surface area contributed by atoms with E-state index in [1.54, 1.807) is 12.5 Å². The van der Waals surface area contributed by atoms with Crippen molar-refractivity contribution < 1.29 is 4.79 Å². The highest BCUT2D eigenvalue weighted by atomic mass is 16.1. The highest BCUT2D eigenvalue weighted by Gasteiger charge is 2.15. The number of hydrogen-bond acceptors (Lipinski definition) is 4. The number of hydrogen-bond donors (Lipinski definition) is 2. The standard InChI is InChI=1S/C15H27N5O/c1-13-3-8-19(9-4-13)7-2-6-17-15(21)14-11-20(10-5-16)12-18-14/h11-13H,2-10,16H2,1H3,(H,17,21). The van der Waals surface area contributed by atoms with Gasteiger partial charge in [-0.15, -0.1) is 0 Å². The van der Waals surface area contributed by atoms with Crippen LogP contribution < -0.4 is 11.1 Å². The SMILES string of the molecule is CC1CCN(CCCNC(=O)c2cn(CCN)cn2)CC1. The Hall–Kier alpha value is -1.40. The van der Waals surface area contributed by atoms with Crippen molar-refractivity contribution in [1.29, 1.82) is 0 Å². The molecule has 1 saturated heterocycles. The van der Waals surface area contributed by atoms with E-state index in [1.165, 1.54) is 25.9 Å². The van der Waals surface area contributed by atoms with Crippen LogP contribution in [0, 0.1) is 5.92 Å². The Labute approximate surface area is 126 Å². The van der Waals surface area contributed by atoms with Crippen LogP contribution in [0.1, 0.15) is 36.7 Å². The number of nitrogens with two attached hydrogens (primary N) is 1. The largest absolute Gasteiger partial charge is 0.351 e. The lowest BCUT2D eigenvalue weighted by molar-refractivity contribution is 0.0946. The van der Waals surface area contributed by atoms with Crippen LogP contribution in [0.15, 0.2) is 12.5 Å². The Kier molecular flexibility index (Phi) is 6.20. The van der Waals surface area contributed by atoms with Crippen molar-refractivity contribution in [3.05, 3.63) is 18.2 Å². The van der Waals surface area contributed by atoms with Crippen molar-refractivity contribution >= 4 is 5.91 Å². The summed E-state index contributed by atoms with van der Waals surface area (Å²) in [6.07, 6.45) is 6.98. The van der Waals surface area contributed by atoms with Gasteiger partial charge in [-0.25, -0.2) is 4.98 Å². The second kappa shape index (κ2) is 8.14. The fourth-order valence-electron chi connectivity index (χ4n) is 2.63. The van der Waals surface area contributed by atoms with Crippen LogP contribution in [0.2, 0.25) is 0 Å². The zero-order valence-corrected chi connectivity index (χ0v) is 12.9. The van der Waals surface area contributed by atoms with E-state index in [2.05, 4.69) is 22.1 Å². The van der Waals surface area contributed by atoms with Crippen LogP contribution in [0.25, 0.3) is 0 Å². The number of nitrogens with zero attached hydrogens (tertiary/aromatic N) is 3. The highest BCUT2D eigenvalue weighted by molar-refractivity contribution is 5.91. The topological polar surface area (TPSA) is 76.2 Å². The lowest BCUT2D eigenvalue weighted by atomic mass is 9.99. The molecule has 0 aromatic carbocycles. The molecule has 118 valence electrons. The number of amides is 1. The molecule has 0 atom stereocenters. The maximum absolute atomic E-state index is 11.9. The van der Waals surface area contributed by atoms with E-state index in [9.17, 15) is 4.79 Å². The van der Waals surface area contributed by atoms with Gasteiger partial charge in [-0.2, -0.15) is 0 Å². The van der Waals surface area contributed by atoms with Gasteiger partial charge in [0.2, 0.25) is 0 Å². The first-order valence-electron chi connectivity index (χ1n) is 7.91. The number of carbonyl (C=O) groups excluding carboxylic acids is 1. The molecule has 0 saturated carbocycles. The number of piperidine rings is 1. The summed E-state index contributed by atoms with van der Waals surface area (Å²) in [5.41, 5.74) is 5.94. The van der Waals surface area contributed by atoms with Crippen LogP contribution in [0.3, 0.4) is 0 Å². The summed E-state index contributed by atoms with van der Waals surface area (Å²) in [4.78, 5) is 18.5. The van der Waals surface area contributed by atoms with Gasteiger partial charge >= 0.3 is 0 Å². The second-order valence-electron chi connectivity index (χ2n) is 5.92. The van der Waals surface area contributed by atoms with Gasteiger partial charge in [0.15, 0.2) is 0 Å². The molecule has 0 spiro atoms. The molecular weight excluding hydrogens is 266 g/mol. The van der Waals surface area contributed by atoms with Gasteiger partial charge in [0, 0.05) is 25.8 Å². The summed E-state index contributed by atoms with van der Waals surface area (Å²) in [5.74, 6) is 0.766. The van der Waals surface area contributed by atoms with E-state index in [1.807, 2.05) is 4.57 Å². The minimum atomic E-state index is -0.0990. The number of likely N-dealkylation sites (tertiary alicyclic amines) is 1. The molecule has 1 aromatic rings. The van der Waals surface area contributed by atoms with Gasteiger partial charge in [-0.05, 0) is 44.8 Å². The molecular formula is C15H27N5O. The summed E-state index contributed by atoms with van der Waals surface area (Å²) in [6.45, 7) is 7.71. The molecule has 0 unspecified atom stereocenters. The lowest BCUT2D eigenvalue weighted by Crippen LogP contribution is -2.35. The van der Waals surface area contributed by atoms with Gasteiger partial charge in [-0.3, -0.25) is 4.79 Å². The Bertz CT molecular complexity index is 437. The molecule has 0 aliphatic carbocycles. The van der Waals surface area contributed by atoms with Crippen LogP contribution in [0.5, 0.6) is 0 Å². The minimum absolute atomic E-state index is 0.0990. The van der Waals surface area contributed by atoms with Crippen molar-refractivity contribution in [2.24, 2.45) is 11.7 Å². The quantitative estimate of drug-likeness (QED) is 0.725. The number of nitrogens with one attached hydrogen (secondary N) is 1. The van der Waals surface area contributed by atoms with E-state index in [-0.39, 0.29) is 5.91 Å². The molecule has 0 radical (unpaired) electrons. The molecule has 2 heterocycles. The zero-order valence-electron chi connectivity index (χ0n) is 12.9. The van der Waals surface area contributed by atoms with Gasteiger partial charge in [0.1, 0.15) is 5.69 Å². The van der Waals surface area contributed by atoms with E-state index in [4.69, 9.17) is 5.73 Å².